The van der Waals surface area contributed by atoms with Crippen LogP contribution in [0, 0.1) is 0 Å². The number of aliphatic hydroxyl groups is 1. The Morgan fingerprint density at radius 2 is 1.68 bits per heavy atom. The summed E-state index contributed by atoms with van der Waals surface area (Å²) in [4.78, 5) is 15.6. The Kier molecular flexibility index (Phi) is 6.87. The second-order valence-corrected chi connectivity index (χ2v) is 9.07. The molecule has 0 amide bonds. The van der Waals surface area contributed by atoms with Gasteiger partial charge in [0.1, 0.15) is 5.60 Å². The zero-order valence-electron chi connectivity index (χ0n) is 14.5. The molecule has 1 atom stereocenters. The number of hydrogen-bond donors (Lipinski definition) is 1. The van der Waals surface area contributed by atoms with E-state index in [1.807, 2.05) is 0 Å². The van der Waals surface area contributed by atoms with Crippen LogP contribution in [0.25, 0.3) is 5.53 Å². The summed E-state index contributed by atoms with van der Waals surface area (Å²) < 4.78 is 28.2. The number of esters is 1. The van der Waals surface area contributed by atoms with Gasteiger partial charge in [-0.2, -0.15) is 4.79 Å². The molecule has 25 heavy (non-hydrogen) atoms. The summed E-state index contributed by atoms with van der Waals surface area (Å²) >= 11 is 3.24. The maximum atomic E-state index is 12.7. The van der Waals surface area contributed by atoms with E-state index in [0.29, 0.717) is 4.47 Å². The monoisotopic (exact) mass is 434 g/mol. The van der Waals surface area contributed by atoms with Crippen molar-refractivity contribution in [2.45, 2.75) is 32.0 Å². The highest BCUT2D eigenvalue weighted by atomic mass is 79.9. The van der Waals surface area contributed by atoms with E-state index in [2.05, 4.69) is 20.7 Å². The fourth-order valence-corrected chi connectivity index (χ4v) is 3.44. The summed E-state index contributed by atoms with van der Waals surface area (Å²) in [5, 5.41) is 11.2. The number of nitrogens with zero attached hydrogens (tertiary/aromatic N) is 2. The molecule has 0 heterocycles. The SMILES string of the molecule is COP(=O)(OC)C(=[N+]=[N-])[C@](O)(C(=O)OC(C)(C)C)c1ccc(Br)cc1. The Labute approximate surface area is 154 Å². The number of halogens is 1. The van der Waals surface area contributed by atoms with Crippen molar-refractivity contribution in [1.29, 1.82) is 0 Å². The third-order valence-corrected chi connectivity index (χ3v) is 5.54. The fraction of sp³-hybridized carbons (Fsp3) is 0.467. The minimum Gasteiger partial charge on any atom is -0.457 e. The molecule has 138 valence electrons. The lowest BCUT2D eigenvalue weighted by atomic mass is 9.94. The lowest BCUT2D eigenvalue weighted by Gasteiger charge is -2.28. The maximum absolute atomic E-state index is 12.7. The molecule has 0 aromatic heterocycles. The number of ether oxygens (including phenoxy) is 1. The highest BCUT2D eigenvalue weighted by Crippen LogP contribution is 2.53. The normalized spacial score (nSPS) is 14.4. The predicted octanol–water partition coefficient (Wildman–Crippen LogP) is 3.09. The highest BCUT2D eigenvalue weighted by molar-refractivity contribution is 9.10. The quantitative estimate of drug-likeness (QED) is 0.241. The van der Waals surface area contributed by atoms with Crippen molar-refractivity contribution >= 4 is 34.9 Å². The van der Waals surface area contributed by atoms with Gasteiger partial charge in [-0.1, -0.05) is 28.1 Å². The number of benzene rings is 1. The Hall–Kier alpha value is -1.34. The lowest BCUT2D eigenvalue weighted by Crippen LogP contribution is -2.48. The summed E-state index contributed by atoms with van der Waals surface area (Å²) in [6.07, 6.45) is 0. The van der Waals surface area contributed by atoms with Crippen LogP contribution >= 0.6 is 23.5 Å². The van der Waals surface area contributed by atoms with E-state index in [-0.39, 0.29) is 5.56 Å². The van der Waals surface area contributed by atoms with Crippen LogP contribution in [0.1, 0.15) is 26.3 Å². The molecule has 0 fully saturated rings. The van der Waals surface area contributed by atoms with Crippen molar-refractivity contribution in [3.05, 3.63) is 39.8 Å². The average Bonchev–Trinajstić information content (AvgIpc) is 2.53. The van der Waals surface area contributed by atoms with Gasteiger partial charge in [-0.3, -0.25) is 0 Å². The molecular formula is C15H20BrN2O6P. The van der Waals surface area contributed by atoms with Gasteiger partial charge in [0.2, 0.25) is 0 Å². The van der Waals surface area contributed by atoms with Crippen molar-refractivity contribution in [3.8, 4) is 0 Å². The molecule has 0 spiro atoms. The maximum Gasteiger partial charge on any atom is 0.441 e. The van der Waals surface area contributed by atoms with E-state index in [1.165, 1.54) is 12.1 Å². The van der Waals surface area contributed by atoms with Gasteiger partial charge in [-0.15, -0.1) is 0 Å². The fourth-order valence-electron chi connectivity index (χ4n) is 1.95. The van der Waals surface area contributed by atoms with E-state index >= 15 is 0 Å². The Bertz CT molecular complexity index is 731. The third-order valence-electron chi connectivity index (χ3n) is 3.11. The molecule has 0 bridgehead atoms. The lowest BCUT2D eigenvalue weighted by molar-refractivity contribution is -0.173. The number of hydrogen-bond acceptors (Lipinski definition) is 6. The van der Waals surface area contributed by atoms with Gasteiger partial charge in [-0.05, 0) is 32.9 Å². The van der Waals surface area contributed by atoms with E-state index in [4.69, 9.17) is 13.8 Å². The molecule has 0 aliphatic heterocycles. The van der Waals surface area contributed by atoms with E-state index in [9.17, 15) is 20.0 Å². The third kappa shape index (κ3) is 4.64. The molecule has 1 aromatic rings. The number of carbonyl (C=O) groups excluding carboxylic acids is 1. The minimum atomic E-state index is -4.27. The van der Waals surface area contributed by atoms with Crippen LogP contribution in [0.2, 0.25) is 0 Å². The zero-order valence-corrected chi connectivity index (χ0v) is 17.0. The summed E-state index contributed by atoms with van der Waals surface area (Å²) in [5.74, 6) is -1.19. The molecule has 0 aliphatic carbocycles. The Morgan fingerprint density at radius 1 is 1.20 bits per heavy atom. The Balaban J connectivity index is 3.68. The number of carbonyl (C=O) groups is 1. The first kappa shape index (κ1) is 21.7. The molecule has 0 radical (unpaired) electrons. The molecular weight excluding hydrogens is 415 g/mol. The van der Waals surface area contributed by atoms with Gasteiger partial charge in [0.25, 0.3) is 5.60 Å². The van der Waals surface area contributed by atoms with Crippen LogP contribution in [0.15, 0.2) is 28.7 Å². The molecule has 0 saturated heterocycles. The van der Waals surface area contributed by atoms with Crippen molar-refractivity contribution in [3.63, 3.8) is 0 Å². The smallest absolute Gasteiger partial charge is 0.441 e. The van der Waals surface area contributed by atoms with Gasteiger partial charge < -0.3 is 24.4 Å². The Morgan fingerprint density at radius 3 is 2.04 bits per heavy atom. The second-order valence-electron chi connectivity index (χ2n) is 6.01. The van der Waals surface area contributed by atoms with Gasteiger partial charge >= 0.3 is 19.0 Å². The molecule has 0 saturated carbocycles. The minimum absolute atomic E-state index is 0.0351. The van der Waals surface area contributed by atoms with Crippen LogP contribution < -0.4 is 0 Å². The van der Waals surface area contributed by atoms with Crippen LogP contribution in [0.4, 0.5) is 0 Å². The predicted molar refractivity (Wildman–Crippen MR) is 94.1 cm³/mol. The van der Waals surface area contributed by atoms with Crippen LogP contribution in [-0.2, 0) is 28.7 Å². The summed E-state index contributed by atoms with van der Waals surface area (Å²) in [5.41, 5.74) is 4.81. The van der Waals surface area contributed by atoms with Gasteiger partial charge in [-0.25, -0.2) is 9.36 Å². The molecule has 1 aromatic carbocycles. The van der Waals surface area contributed by atoms with E-state index in [0.717, 1.165) is 14.2 Å². The van der Waals surface area contributed by atoms with Gasteiger partial charge in [0.05, 0.1) is 0 Å². The van der Waals surface area contributed by atoms with Crippen molar-refractivity contribution in [1.82, 2.24) is 0 Å². The van der Waals surface area contributed by atoms with Crippen molar-refractivity contribution in [2.75, 3.05) is 14.2 Å². The van der Waals surface area contributed by atoms with Crippen LogP contribution in [0.5, 0.6) is 0 Å². The van der Waals surface area contributed by atoms with Crippen LogP contribution in [0.3, 0.4) is 0 Å². The molecule has 0 aliphatic rings. The first-order valence-electron chi connectivity index (χ1n) is 7.11. The summed E-state index contributed by atoms with van der Waals surface area (Å²) in [7, 11) is -2.20. The zero-order chi connectivity index (χ0) is 19.5. The first-order chi connectivity index (χ1) is 11.4. The van der Waals surface area contributed by atoms with E-state index < -0.39 is 30.2 Å². The van der Waals surface area contributed by atoms with E-state index in [1.54, 1.807) is 32.9 Å². The molecule has 1 rings (SSSR count). The number of rotatable bonds is 6. The standard InChI is InChI=1S/C15H20BrN2O6P/c1-14(2,3)24-13(19)15(20,10-6-8-11(16)9-7-10)12(18-17)25(21,22-4)23-5/h6-9,20H,1-5H3/t15-/m0/s1. The summed E-state index contributed by atoms with van der Waals surface area (Å²) in [6, 6.07) is 5.86. The van der Waals surface area contributed by atoms with Gasteiger partial charge in [0.15, 0.2) is 0 Å². The molecule has 0 unspecified atom stereocenters. The molecule has 10 heteroatoms. The largest absolute Gasteiger partial charge is 0.457 e. The summed E-state index contributed by atoms with van der Waals surface area (Å²) in [6.45, 7) is 4.78. The van der Waals surface area contributed by atoms with Gasteiger partial charge in [0, 0.05) is 24.3 Å². The molecule has 1 N–H and O–H groups in total. The molecule has 8 nitrogen and oxygen atoms in total. The topological polar surface area (TPSA) is 118 Å². The van der Waals surface area contributed by atoms with Crippen molar-refractivity contribution in [2.24, 2.45) is 0 Å². The van der Waals surface area contributed by atoms with Crippen molar-refractivity contribution < 1.29 is 33.0 Å². The van der Waals surface area contributed by atoms with Crippen LogP contribution in [-0.4, -0.2) is 41.1 Å². The highest BCUT2D eigenvalue weighted by Gasteiger charge is 2.61. The first-order valence-corrected chi connectivity index (χ1v) is 9.44. The second kappa shape index (κ2) is 7.91. The average molecular weight is 435 g/mol.